The Balaban J connectivity index is 1.60. The number of rotatable bonds is 9. The summed E-state index contributed by atoms with van der Waals surface area (Å²) in [6.45, 7) is 0.411. The van der Waals surface area contributed by atoms with E-state index in [1.807, 2.05) is 48.5 Å². The van der Waals surface area contributed by atoms with E-state index < -0.39 is 6.09 Å². The van der Waals surface area contributed by atoms with Crippen LogP contribution in [0, 0.1) is 22.7 Å². The molecule has 34 heavy (non-hydrogen) atoms. The van der Waals surface area contributed by atoms with E-state index in [-0.39, 0.29) is 18.8 Å². The van der Waals surface area contributed by atoms with Crippen molar-refractivity contribution < 1.29 is 19.4 Å². The molecule has 172 valence electrons. The van der Waals surface area contributed by atoms with Crippen molar-refractivity contribution in [2.75, 3.05) is 30.0 Å². The highest BCUT2D eigenvalue weighted by molar-refractivity contribution is 8.76. The molecule has 0 aliphatic carbocycles. The molecule has 0 aromatic heterocycles. The van der Waals surface area contributed by atoms with Crippen LogP contribution in [0.4, 0.5) is 10.5 Å². The Kier molecular flexibility index (Phi) is 9.68. The van der Waals surface area contributed by atoms with Crippen LogP contribution in [0.15, 0.2) is 72.0 Å². The molecule has 2 aromatic rings. The number of carbonyl (C=O) groups excluding carboxylic acids is 1. The van der Waals surface area contributed by atoms with Gasteiger partial charge >= 0.3 is 6.09 Å². The quantitative estimate of drug-likeness (QED) is 0.272. The Morgan fingerprint density at radius 1 is 1.06 bits per heavy atom. The highest BCUT2D eigenvalue weighted by Gasteiger charge is 2.18. The standard InChI is InChI=1S/C25H21N3O4S2/c26-16-19(17-27)23-15-21(32-24-4-2-1-3-22(23)24)10-7-18-5-8-20(9-6-18)28-25(30)31-12-14-34-33-13-11-29/h1-10,15,29H,11-14H2,(H,28,30)/b10-7+. The van der Waals surface area contributed by atoms with Gasteiger partial charge in [0, 0.05) is 28.3 Å². The predicted molar refractivity (Wildman–Crippen MR) is 136 cm³/mol. The minimum absolute atomic E-state index is 0.0199. The average Bonchev–Trinajstić information content (AvgIpc) is 2.86. The maximum atomic E-state index is 11.9. The highest BCUT2D eigenvalue weighted by atomic mass is 33.1. The highest BCUT2D eigenvalue weighted by Crippen LogP contribution is 2.35. The number of para-hydroxylation sites is 1. The molecule has 3 rings (SSSR count). The number of aliphatic hydroxyl groups excluding tert-OH is 1. The van der Waals surface area contributed by atoms with E-state index >= 15 is 0 Å². The molecule has 0 radical (unpaired) electrons. The minimum Gasteiger partial charge on any atom is -0.457 e. The lowest BCUT2D eigenvalue weighted by Gasteiger charge is -2.18. The SMILES string of the molecule is N#CC(C#N)=C1C=C(/C=C/c2ccc(NC(=O)OCCSSCCO)cc2)Oc2ccccc21. The summed E-state index contributed by atoms with van der Waals surface area (Å²) in [6, 6.07) is 18.3. The van der Waals surface area contributed by atoms with Gasteiger partial charge in [-0.2, -0.15) is 10.5 Å². The van der Waals surface area contributed by atoms with Gasteiger partial charge in [0.2, 0.25) is 0 Å². The Morgan fingerprint density at radius 2 is 1.79 bits per heavy atom. The first kappa shape index (κ1) is 25.0. The zero-order valence-corrected chi connectivity index (χ0v) is 19.7. The number of ether oxygens (including phenoxy) is 2. The minimum atomic E-state index is -0.527. The predicted octanol–water partition coefficient (Wildman–Crippen LogP) is 5.40. The van der Waals surface area contributed by atoms with Crippen LogP contribution in [0.1, 0.15) is 11.1 Å². The number of nitrogens with one attached hydrogen (secondary N) is 1. The molecule has 0 atom stereocenters. The molecule has 1 heterocycles. The van der Waals surface area contributed by atoms with E-state index in [1.54, 1.807) is 41.1 Å². The molecular weight excluding hydrogens is 470 g/mol. The van der Waals surface area contributed by atoms with Crippen LogP contribution in [0.2, 0.25) is 0 Å². The number of fused-ring (bicyclic) bond motifs is 1. The van der Waals surface area contributed by atoms with Crippen molar-refractivity contribution >= 4 is 45.0 Å². The lowest BCUT2D eigenvalue weighted by molar-refractivity contribution is 0.169. The van der Waals surface area contributed by atoms with Crippen LogP contribution in [0.3, 0.4) is 0 Å². The lowest BCUT2D eigenvalue weighted by atomic mass is 9.97. The maximum absolute atomic E-state index is 11.9. The van der Waals surface area contributed by atoms with Gasteiger partial charge in [-0.25, -0.2) is 4.79 Å². The second kappa shape index (κ2) is 13.2. The number of amides is 1. The third kappa shape index (κ3) is 7.19. The fraction of sp³-hybridized carbons (Fsp3) is 0.160. The lowest BCUT2D eigenvalue weighted by Crippen LogP contribution is -2.15. The summed E-state index contributed by atoms with van der Waals surface area (Å²) in [4.78, 5) is 11.9. The Morgan fingerprint density at radius 3 is 2.53 bits per heavy atom. The van der Waals surface area contributed by atoms with Gasteiger partial charge in [-0.15, -0.1) is 0 Å². The molecule has 0 bridgehead atoms. The fourth-order valence-corrected chi connectivity index (χ4v) is 4.52. The molecule has 1 amide bonds. The van der Waals surface area contributed by atoms with Crippen molar-refractivity contribution in [1.82, 2.24) is 0 Å². The van der Waals surface area contributed by atoms with Gasteiger partial charge in [0.1, 0.15) is 35.8 Å². The van der Waals surface area contributed by atoms with Crippen LogP contribution in [0.25, 0.3) is 11.6 Å². The van der Waals surface area contributed by atoms with Crippen LogP contribution in [-0.2, 0) is 4.74 Å². The van der Waals surface area contributed by atoms with Crippen LogP contribution in [-0.4, -0.2) is 35.9 Å². The first-order valence-corrected chi connectivity index (χ1v) is 12.7. The Labute approximate surface area is 205 Å². The molecule has 0 spiro atoms. The third-order valence-corrected chi connectivity index (χ3v) is 6.79. The van der Waals surface area contributed by atoms with Gasteiger partial charge in [-0.05, 0) is 35.9 Å². The number of nitriles is 2. The number of allylic oxidation sites excluding steroid dienone is 4. The van der Waals surface area contributed by atoms with E-state index in [9.17, 15) is 15.3 Å². The van der Waals surface area contributed by atoms with Gasteiger partial charge in [0.05, 0.1) is 6.61 Å². The second-order valence-electron chi connectivity index (χ2n) is 6.74. The normalized spacial score (nSPS) is 12.1. The summed E-state index contributed by atoms with van der Waals surface area (Å²) < 4.78 is 11.0. The molecule has 0 unspecified atom stereocenters. The smallest absolute Gasteiger partial charge is 0.411 e. The summed E-state index contributed by atoms with van der Waals surface area (Å²) in [6.07, 6.45) is 4.73. The monoisotopic (exact) mass is 491 g/mol. The van der Waals surface area contributed by atoms with E-state index in [1.165, 1.54) is 10.8 Å². The molecule has 1 aliphatic heterocycles. The largest absolute Gasteiger partial charge is 0.457 e. The molecule has 0 saturated carbocycles. The van der Waals surface area contributed by atoms with Crippen molar-refractivity contribution in [1.29, 1.82) is 10.5 Å². The molecule has 2 aromatic carbocycles. The number of benzene rings is 2. The summed E-state index contributed by atoms with van der Waals surface area (Å²) in [5, 5.41) is 30.0. The first-order valence-electron chi connectivity index (χ1n) is 10.2. The summed E-state index contributed by atoms with van der Waals surface area (Å²) in [7, 11) is 3.07. The molecule has 1 aliphatic rings. The zero-order valence-electron chi connectivity index (χ0n) is 18.1. The van der Waals surface area contributed by atoms with Crippen LogP contribution < -0.4 is 10.1 Å². The molecule has 2 N–H and O–H groups in total. The molecule has 0 fully saturated rings. The van der Waals surface area contributed by atoms with Gasteiger partial charge < -0.3 is 14.6 Å². The summed E-state index contributed by atoms with van der Waals surface area (Å²) >= 11 is 0. The first-order chi connectivity index (χ1) is 16.6. The fourth-order valence-electron chi connectivity index (χ4n) is 2.92. The molecular formula is C25H21N3O4S2. The number of carbonyl (C=O) groups is 1. The number of aliphatic hydroxyl groups is 1. The van der Waals surface area contributed by atoms with E-state index in [0.717, 1.165) is 5.56 Å². The number of hydrogen-bond donors (Lipinski definition) is 2. The number of anilines is 1. The molecule has 9 heteroatoms. The summed E-state index contributed by atoms with van der Waals surface area (Å²) in [5.41, 5.74) is 2.71. The average molecular weight is 492 g/mol. The summed E-state index contributed by atoms with van der Waals surface area (Å²) in [5.74, 6) is 2.36. The van der Waals surface area contributed by atoms with E-state index in [0.29, 0.717) is 39.8 Å². The van der Waals surface area contributed by atoms with Gasteiger partial charge in [-0.3, -0.25) is 5.32 Å². The van der Waals surface area contributed by atoms with Crippen molar-refractivity contribution in [3.63, 3.8) is 0 Å². The topological polar surface area (TPSA) is 115 Å². The van der Waals surface area contributed by atoms with E-state index in [2.05, 4.69) is 5.32 Å². The number of hydrogen-bond acceptors (Lipinski definition) is 8. The third-order valence-electron chi connectivity index (χ3n) is 4.44. The van der Waals surface area contributed by atoms with Crippen molar-refractivity contribution in [3.05, 3.63) is 83.1 Å². The van der Waals surface area contributed by atoms with Gasteiger partial charge in [0.15, 0.2) is 0 Å². The molecule has 0 saturated heterocycles. The Hall–Kier alpha value is -3.63. The van der Waals surface area contributed by atoms with Crippen LogP contribution in [0.5, 0.6) is 5.75 Å². The van der Waals surface area contributed by atoms with Gasteiger partial charge in [-0.1, -0.05) is 58.0 Å². The van der Waals surface area contributed by atoms with Crippen molar-refractivity contribution in [2.24, 2.45) is 0 Å². The van der Waals surface area contributed by atoms with Crippen LogP contribution >= 0.6 is 21.6 Å². The van der Waals surface area contributed by atoms with E-state index in [4.69, 9.17) is 14.6 Å². The second-order valence-corrected chi connectivity index (χ2v) is 9.44. The van der Waals surface area contributed by atoms with Crippen molar-refractivity contribution in [3.8, 4) is 17.9 Å². The zero-order chi connectivity index (χ0) is 24.2. The maximum Gasteiger partial charge on any atom is 0.411 e. The van der Waals surface area contributed by atoms with Gasteiger partial charge in [0.25, 0.3) is 0 Å². The van der Waals surface area contributed by atoms with Crippen molar-refractivity contribution in [2.45, 2.75) is 0 Å². The molecule has 7 nitrogen and oxygen atoms in total. The Bertz CT molecular complexity index is 1180. The number of nitrogens with zero attached hydrogens (tertiary/aromatic N) is 2.